The van der Waals surface area contributed by atoms with Gasteiger partial charge in [-0.3, -0.25) is 18.9 Å². The van der Waals surface area contributed by atoms with Crippen molar-refractivity contribution >= 4 is 30.7 Å². The third kappa shape index (κ3) is 4.49. The van der Waals surface area contributed by atoms with E-state index in [1.165, 1.54) is 4.57 Å². The number of aromatic nitrogens is 4. The Hall–Kier alpha value is -2.04. The number of nitrogen functional groups attached to an aromatic ring is 2. The molecule has 0 atom stereocenters. The number of anilines is 2. The first-order valence-electron chi connectivity index (χ1n) is 6.92. The highest BCUT2D eigenvalue weighted by atomic mass is 31.2. The van der Waals surface area contributed by atoms with Crippen molar-refractivity contribution in [1.82, 2.24) is 19.5 Å². The Morgan fingerprint density at radius 3 is 2.54 bits per heavy atom. The predicted molar refractivity (Wildman–Crippen MR) is 82.7 cm³/mol. The van der Waals surface area contributed by atoms with Gasteiger partial charge in [0, 0.05) is 13.0 Å². The van der Waals surface area contributed by atoms with Gasteiger partial charge in [-0.2, -0.15) is 4.98 Å². The molecule has 2 aromatic rings. The highest BCUT2D eigenvalue weighted by molar-refractivity contribution is 7.51. The largest absolute Gasteiger partial charge is 0.369 e. The fourth-order valence-electron chi connectivity index (χ4n) is 2.30. The van der Waals surface area contributed by atoms with Crippen molar-refractivity contribution in [2.75, 3.05) is 17.6 Å². The van der Waals surface area contributed by atoms with Crippen LogP contribution in [0, 0.1) is 0 Å². The molecule has 10 nitrogen and oxygen atoms in total. The maximum absolute atomic E-state index is 13.4. The van der Waals surface area contributed by atoms with Crippen LogP contribution in [0.25, 0.3) is 11.2 Å². The van der Waals surface area contributed by atoms with Crippen LogP contribution >= 0.6 is 7.60 Å². The molecule has 0 aliphatic heterocycles. The quantitative estimate of drug-likeness (QED) is 0.343. The Bertz CT molecular complexity index is 845. The zero-order valence-electron chi connectivity index (χ0n) is 12.4. The SMILES string of the molecule is Nc1nc2c(nc(N)n2CCCCC(F)(F)CP(=O)(O)O)c(=O)[nH]1. The molecular weight excluding hydrogens is 349 g/mol. The molecule has 0 aromatic carbocycles. The topological polar surface area (TPSA) is 173 Å². The summed E-state index contributed by atoms with van der Waals surface area (Å²) in [5.74, 6) is -3.58. The minimum absolute atomic E-state index is 0.00409. The van der Waals surface area contributed by atoms with Gasteiger partial charge in [-0.05, 0) is 12.8 Å². The summed E-state index contributed by atoms with van der Waals surface area (Å²) in [5, 5.41) is 0. The fourth-order valence-corrected chi connectivity index (χ4v) is 3.06. The molecule has 0 bridgehead atoms. The van der Waals surface area contributed by atoms with Gasteiger partial charge >= 0.3 is 7.60 Å². The monoisotopic (exact) mass is 366 g/mol. The summed E-state index contributed by atoms with van der Waals surface area (Å²) >= 11 is 0. The molecular formula is C11H17F2N6O4P. The molecule has 24 heavy (non-hydrogen) atoms. The molecule has 0 aliphatic rings. The standard InChI is InChI=1S/C11H17F2N6O4P/c12-11(13,5-24(21,22)23)3-1-2-4-19-7-6(16-10(19)15)8(20)18-9(14)17-7/h1-5H2,(H2,15,16)(H2,21,22,23)(H3,14,17,18,20). The van der Waals surface area contributed by atoms with Crippen molar-refractivity contribution in [2.45, 2.75) is 31.7 Å². The van der Waals surface area contributed by atoms with Crippen LogP contribution in [0.2, 0.25) is 0 Å². The Morgan fingerprint density at radius 1 is 1.25 bits per heavy atom. The molecule has 134 valence electrons. The smallest absolute Gasteiger partial charge is 0.331 e. The minimum Gasteiger partial charge on any atom is -0.369 e. The number of imidazole rings is 1. The Morgan fingerprint density at radius 2 is 1.92 bits per heavy atom. The number of rotatable bonds is 7. The number of hydrogen-bond donors (Lipinski definition) is 5. The lowest BCUT2D eigenvalue weighted by molar-refractivity contribution is 0.00961. The molecule has 0 radical (unpaired) electrons. The number of aryl methyl sites for hydroxylation is 1. The van der Waals surface area contributed by atoms with E-state index in [9.17, 15) is 18.1 Å². The van der Waals surface area contributed by atoms with E-state index in [-0.39, 0.29) is 42.4 Å². The van der Waals surface area contributed by atoms with E-state index in [1.807, 2.05) is 0 Å². The molecule has 7 N–H and O–H groups in total. The van der Waals surface area contributed by atoms with Gasteiger partial charge in [-0.1, -0.05) is 0 Å². The van der Waals surface area contributed by atoms with Gasteiger partial charge in [0.15, 0.2) is 11.2 Å². The van der Waals surface area contributed by atoms with Crippen molar-refractivity contribution in [2.24, 2.45) is 0 Å². The van der Waals surface area contributed by atoms with E-state index in [1.54, 1.807) is 0 Å². The molecule has 0 fully saturated rings. The Balaban J connectivity index is 2.03. The predicted octanol–water partition coefficient (Wildman–Crippen LogP) is 0.267. The maximum atomic E-state index is 13.4. The first-order valence-corrected chi connectivity index (χ1v) is 8.72. The summed E-state index contributed by atoms with van der Waals surface area (Å²) in [6.07, 6.45) is -1.95. The summed E-state index contributed by atoms with van der Waals surface area (Å²) in [5.41, 5.74) is 10.7. The van der Waals surface area contributed by atoms with Crippen LogP contribution in [0.15, 0.2) is 4.79 Å². The zero-order valence-corrected chi connectivity index (χ0v) is 13.3. The second-order valence-electron chi connectivity index (χ2n) is 5.38. The van der Waals surface area contributed by atoms with Crippen molar-refractivity contribution in [3.05, 3.63) is 10.4 Å². The number of nitrogens with one attached hydrogen (secondary N) is 1. The first-order chi connectivity index (χ1) is 11.0. The van der Waals surface area contributed by atoms with Gasteiger partial charge in [0.1, 0.15) is 6.16 Å². The summed E-state index contributed by atoms with van der Waals surface area (Å²) in [6.45, 7) is 0.157. The molecule has 0 aliphatic carbocycles. The summed E-state index contributed by atoms with van der Waals surface area (Å²) < 4.78 is 38.9. The van der Waals surface area contributed by atoms with Gasteiger partial charge in [0.25, 0.3) is 11.5 Å². The van der Waals surface area contributed by atoms with Gasteiger partial charge in [0.05, 0.1) is 0 Å². The third-order valence-corrected chi connectivity index (χ3v) is 4.14. The first kappa shape index (κ1) is 18.3. The van der Waals surface area contributed by atoms with Crippen LogP contribution in [0.3, 0.4) is 0 Å². The van der Waals surface area contributed by atoms with Crippen molar-refractivity contribution in [3.63, 3.8) is 0 Å². The highest BCUT2D eigenvalue weighted by Crippen LogP contribution is 2.42. The second kappa shape index (κ2) is 6.46. The van der Waals surface area contributed by atoms with E-state index in [2.05, 4.69) is 15.0 Å². The molecule has 0 unspecified atom stereocenters. The zero-order chi connectivity index (χ0) is 18.1. The number of H-pyrrole nitrogens is 1. The molecule has 2 aromatic heterocycles. The van der Waals surface area contributed by atoms with Crippen LogP contribution in [0.5, 0.6) is 0 Å². The van der Waals surface area contributed by atoms with Crippen molar-refractivity contribution < 1.29 is 23.1 Å². The normalized spacial score (nSPS) is 12.8. The molecule has 13 heteroatoms. The van der Waals surface area contributed by atoms with E-state index in [0.717, 1.165) is 0 Å². The van der Waals surface area contributed by atoms with Crippen LogP contribution in [0.4, 0.5) is 20.7 Å². The van der Waals surface area contributed by atoms with E-state index in [4.69, 9.17) is 21.3 Å². The second-order valence-corrected chi connectivity index (χ2v) is 7.03. The van der Waals surface area contributed by atoms with Gasteiger partial charge in [-0.15, -0.1) is 0 Å². The number of nitrogens with two attached hydrogens (primary N) is 2. The number of aromatic amines is 1. The molecule has 0 saturated carbocycles. The van der Waals surface area contributed by atoms with Crippen molar-refractivity contribution in [1.29, 1.82) is 0 Å². The summed E-state index contributed by atoms with van der Waals surface area (Å²) in [6, 6.07) is 0. The number of fused-ring (bicyclic) bond motifs is 1. The average Bonchev–Trinajstić information content (AvgIpc) is 2.69. The van der Waals surface area contributed by atoms with Crippen LogP contribution in [-0.2, 0) is 11.1 Å². The molecule has 2 heterocycles. The fraction of sp³-hybridized carbons (Fsp3) is 0.545. The van der Waals surface area contributed by atoms with Gasteiger partial charge in [0.2, 0.25) is 11.9 Å². The number of unbranched alkanes of at least 4 members (excludes halogenated alkanes) is 1. The molecule has 0 spiro atoms. The summed E-state index contributed by atoms with van der Waals surface area (Å²) in [7, 11) is -4.78. The average molecular weight is 366 g/mol. The molecule has 0 saturated heterocycles. The lowest BCUT2D eigenvalue weighted by atomic mass is 10.1. The Labute approximate surface area is 134 Å². The van der Waals surface area contributed by atoms with E-state index in [0.29, 0.717) is 0 Å². The van der Waals surface area contributed by atoms with E-state index >= 15 is 0 Å². The van der Waals surface area contributed by atoms with Gasteiger partial charge < -0.3 is 21.3 Å². The number of hydrogen-bond acceptors (Lipinski definition) is 6. The minimum atomic E-state index is -4.78. The molecule has 0 amide bonds. The number of nitrogens with zero attached hydrogens (tertiary/aromatic N) is 3. The number of halogens is 2. The Kier molecular flexibility index (Phi) is 4.92. The van der Waals surface area contributed by atoms with Crippen LogP contribution < -0.4 is 17.0 Å². The number of alkyl halides is 2. The lowest BCUT2D eigenvalue weighted by Crippen LogP contribution is -2.21. The summed E-state index contributed by atoms with van der Waals surface area (Å²) in [4.78, 5) is 39.0. The van der Waals surface area contributed by atoms with Crippen molar-refractivity contribution in [3.8, 4) is 0 Å². The lowest BCUT2D eigenvalue weighted by Gasteiger charge is -2.16. The maximum Gasteiger partial charge on any atom is 0.331 e. The van der Waals surface area contributed by atoms with Gasteiger partial charge in [-0.25, -0.2) is 13.8 Å². The molecule has 2 rings (SSSR count). The highest BCUT2D eigenvalue weighted by Gasteiger charge is 2.36. The van der Waals surface area contributed by atoms with Crippen LogP contribution in [0.1, 0.15) is 19.3 Å². The van der Waals surface area contributed by atoms with E-state index < -0.39 is 31.7 Å². The third-order valence-electron chi connectivity index (χ3n) is 3.26. The van der Waals surface area contributed by atoms with Crippen LogP contribution in [-0.4, -0.2) is 41.4 Å².